The average molecular weight is 270 g/mol. The summed E-state index contributed by atoms with van der Waals surface area (Å²) in [6, 6.07) is 6.15. The quantitative estimate of drug-likeness (QED) is 0.823. The highest BCUT2D eigenvalue weighted by atomic mass is 16.2. The number of hydrogen-bond acceptors (Lipinski definition) is 3. The molecule has 2 atom stereocenters. The van der Waals surface area contributed by atoms with Gasteiger partial charge in [-0.3, -0.25) is 9.89 Å². The van der Waals surface area contributed by atoms with Crippen LogP contribution in [0.25, 0.3) is 10.9 Å². The molecule has 0 spiro atoms. The molecule has 2 aliphatic heterocycles. The van der Waals surface area contributed by atoms with Crippen LogP contribution in [0.1, 0.15) is 23.2 Å². The van der Waals surface area contributed by atoms with Crippen molar-refractivity contribution in [3.63, 3.8) is 0 Å². The fraction of sp³-hybridized carbons (Fsp3) is 0.467. The van der Waals surface area contributed by atoms with E-state index < -0.39 is 0 Å². The average Bonchev–Trinajstić information content (AvgIpc) is 3.13. The number of rotatable bonds is 1. The lowest BCUT2D eigenvalue weighted by atomic mass is 9.91. The number of aromatic amines is 1. The third-order valence-electron chi connectivity index (χ3n) is 4.63. The number of H-pyrrole nitrogens is 1. The Morgan fingerprint density at radius 1 is 1.35 bits per heavy atom. The molecule has 2 saturated heterocycles. The number of nitrogens with one attached hydrogen (secondary N) is 2. The van der Waals surface area contributed by atoms with Crippen LogP contribution in [0.3, 0.4) is 0 Å². The molecule has 2 aliphatic rings. The van der Waals surface area contributed by atoms with Gasteiger partial charge in [-0.2, -0.15) is 5.10 Å². The summed E-state index contributed by atoms with van der Waals surface area (Å²) in [4.78, 5) is 14.8. The van der Waals surface area contributed by atoms with E-state index in [1.54, 1.807) is 6.20 Å². The predicted octanol–water partition coefficient (Wildman–Crippen LogP) is 1.39. The molecular formula is C15H18N4O. The number of amides is 1. The molecule has 0 aliphatic carbocycles. The Bertz CT molecular complexity index is 650. The van der Waals surface area contributed by atoms with Gasteiger partial charge in [-0.1, -0.05) is 6.07 Å². The number of carbonyl (C=O) groups is 1. The van der Waals surface area contributed by atoms with E-state index in [1.807, 2.05) is 18.2 Å². The summed E-state index contributed by atoms with van der Waals surface area (Å²) < 4.78 is 0. The summed E-state index contributed by atoms with van der Waals surface area (Å²) >= 11 is 0. The lowest BCUT2D eigenvalue weighted by molar-refractivity contribution is 0.0575. The van der Waals surface area contributed by atoms with Crippen LogP contribution in [-0.4, -0.2) is 46.7 Å². The molecule has 5 nitrogen and oxygen atoms in total. The van der Waals surface area contributed by atoms with Gasteiger partial charge in [-0.25, -0.2) is 0 Å². The van der Waals surface area contributed by atoms with E-state index in [-0.39, 0.29) is 5.91 Å². The number of aromatic nitrogens is 2. The first-order valence-corrected chi connectivity index (χ1v) is 7.28. The molecule has 3 heterocycles. The van der Waals surface area contributed by atoms with Crippen molar-refractivity contribution in [1.82, 2.24) is 20.4 Å². The van der Waals surface area contributed by atoms with Gasteiger partial charge in [-0.15, -0.1) is 0 Å². The molecule has 1 aromatic carbocycles. The molecule has 0 radical (unpaired) electrons. The standard InChI is InChI=1S/C15H18N4O/c20-15(10-3-4-11-8-17-18-13(11)6-10)19-5-1-2-12-7-16-9-14(12)19/h3-4,6,8,12,14,16H,1-2,5,7,9H2,(H,17,18). The Kier molecular flexibility index (Phi) is 2.73. The molecule has 5 heteroatoms. The second-order valence-electron chi connectivity index (χ2n) is 5.80. The van der Waals surface area contributed by atoms with Gasteiger partial charge in [0, 0.05) is 36.6 Å². The molecule has 0 bridgehead atoms. The number of carbonyl (C=O) groups excluding carboxylic acids is 1. The predicted molar refractivity (Wildman–Crippen MR) is 76.5 cm³/mol. The van der Waals surface area contributed by atoms with Crippen molar-refractivity contribution < 1.29 is 4.79 Å². The maximum absolute atomic E-state index is 12.8. The van der Waals surface area contributed by atoms with Crippen molar-refractivity contribution in [3.05, 3.63) is 30.0 Å². The fourth-order valence-corrected chi connectivity index (χ4v) is 3.56. The van der Waals surface area contributed by atoms with Crippen LogP contribution in [0.4, 0.5) is 0 Å². The van der Waals surface area contributed by atoms with Gasteiger partial charge in [0.2, 0.25) is 0 Å². The number of hydrogen-bond donors (Lipinski definition) is 2. The highest BCUT2D eigenvalue weighted by Crippen LogP contribution is 2.28. The molecule has 1 aromatic heterocycles. The SMILES string of the molecule is O=C(c1ccc2cn[nH]c2c1)N1CCCC2CNCC21. The van der Waals surface area contributed by atoms with Crippen LogP contribution in [-0.2, 0) is 0 Å². The Labute approximate surface area is 117 Å². The lowest BCUT2D eigenvalue weighted by Gasteiger charge is -2.37. The minimum absolute atomic E-state index is 0.153. The van der Waals surface area contributed by atoms with Crippen molar-refractivity contribution in [3.8, 4) is 0 Å². The smallest absolute Gasteiger partial charge is 0.254 e. The second kappa shape index (κ2) is 4.59. The minimum Gasteiger partial charge on any atom is -0.334 e. The van der Waals surface area contributed by atoms with Gasteiger partial charge in [0.15, 0.2) is 0 Å². The first-order valence-electron chi connectivity index (χ1n) is 7.28. The van der Waals surface area contributed by atoms with Crippen LogP contribution in [0.15, 0.2) is 24.4 Å². The molecule has 104 valence electrons. The number of piperidine rings is 1. The molecule has 2 aromatic rings. The minimum atomic E-state index is 0.153. The van der Waals surface area contributed by atoms with E-state index in [4.69, 9.17) is 0 Å². The maximum Gasteiger partial charge on any atom is 0.254 e. The maximum atomic E-state index is 12.8. The molecule has 2 fully saturated rings. The Morgan fingerprint density at radius 3 is 3.25 bits per heavy atom. The highest BCUT2D eigenvalue weighted by molar-refractivity contribution is 5.98. The van der Waals surface area contributed by atoms with E-state index in [0.717, 1.165) is 42.5 Å². The number of benzene rings is 1. The molecule has 2 N–H and O–H groups in total. The second-order valence-corrected chi connectivity index (χ2v) is 5.80. The molecule has 1 amide bonds. The third-order valence-corrected chi connectivity index (χ3v) is 4.63. The summed E-state index contributed by atoms with van der Waals surface area (Å²) in [7, 11) is 0. The zero-order valence-electron chi connectivity index (χ0n) is 11.3. The molecule has 4 rings (SSSR count). The highest BCUT2D eigenvalue weighted by Gasteiger charge is 2.37. The van der Waals surface area contributed by atoms with Gasteiger partial charge >= 0.3 is 0 Å². The van der Waals surface area contributed by atoms with E-state index >= 15 is 0 Å². The lowest BCUT2D eigenvalue weighted by Crippen LogP contribution is -2.48. The number of nitrogens with zero attached hydrogens (tertiary/aromatic N) is 2. The van der Waals surface area contributed by atoms with E-state index in [0.29, 0.717) is 12.0 Å². The molecule has 0 saturated carbocycles. The topological polar surface area (TPSA) is 61.0 Å². The molecule has 2 unspecified atom stereocenters. The normalized spacial score (nSPS) is 25.9. The van der Waals surface area contributed by atoms with Crippen molar-refractivity contribution in [1.29, 1.82) is 0 Å². The third kappa shape index (κ3) is 1.81. The van der Waals surface area contributed by atoms with Crippen LogP contribution in [0.5, 0.6) is 0 Å². The first kappa shape index (κ1) is 11.9. The largest absolute Gasteiger partial charge is 0.334 e. The van der Waals surface area contributed by atoms with Crippen molar-refractivity contribution >= 4 is 16.8 Å². The summed E-state index contributed by atoms with van der Waals surface area (Å²) in [5, 5.41) is 11.4. The van der Waals surface area contributed by atoms with Crippen LogP contribution in [0, 0.1) is 5.92 Å². The Balaban J connectivity index is 1.65. The van der Waals surface area contributed by atoms with Crippen LogP contribution < -0.4 is 5.32 Å². The summed E-state index contributed by atoms with van der Waals surface area (Å²) in [6.07, 6.45) is 4.13. The van der Waals surface area contributed by atoms with Crippen molar-refractivity contribution in [2.45, 2.75) is 18.9 Å². The summed E-state index contributed by atoms with van der Waals surface area (Å²) in [5.74, 6) is 0.781. The molecule has 20 heavy (non-hydrogen) atoms. The van der Waals surface area contributed by atoms with Gasteiger partial charge in [0.25, 0.3) is 5.91 Å². The van der Waals surface area contributed by atoms with Crippen molar-refractivity contribution in [2.24, 2.45) is 5.92 Å². The van der Waals surface area contributed by atoms with Crippen LogP contribution >= 0.6 is 0 Å². The van der Waals surface area contributed by atoms with E-state index in [2.05, 4.69) is 20.4 Å². The van der Waals surface area contributed by atoms with E-state index in [1.165, 1.54) is 6.42 Å². The zero-order valence-corrected chi connectivity index (χ0v) is 11.3. The monoisotopic (exact) mass is 270 g/mol. The Hall–Kier alpha value is -1.88. The van der Waals surface area contributed by atoms with Crippen molar-refractivity contribution in [2.75, 3.05) is 19.6 Å². The van der Waals surface area contributed by atoms with Gasteiger partial charge in [-0.05, 0) is 30.9 Å². The number of fused-ring (bicyclic) bond motifs is 2. The van der Waals surface area contributed by atoms with Gasteiger partial charge < -0.3 is 10.2 Å². The summed E-state index contributed by atoms with van der Waals surface area (Å²) in [5.41, 5.74) is 1.68. The molecular weight excluding hydrogens is 252 g/mol. The van der Waals surface area contributed by atoms with Gasteiger partial charge in [0.05, 0.1) is 11.7 Å². The first-order chi connectivity index (χ1) is 9.83. The van der Waals surface area contributed by atoms with E-state index in [9.17, 15) is 4.79 Å². The fourth-order valence-electron chi connectivity index (χ4n) is 3.56. The Morgan fingerprint density at radius 2 is 2.30 bits per heavy atom. The van der Waals surface area contributed by atoms with Crippen LogP contribution in [0.2, 0.25) is 0 Å². The number of likely N-dealkylation sites (tertiary alicyclic amines) is 1. The van der Waals surface area contributed by atoms with Gasteiger partial charge in [0.1, 0.15) is 0 Å². The zero-order chi connectivity index (χ0) is 13.5. The summed E-state index contributed by atoms with van der Waals surface area (Å²) in [6.45, 7) is 2.86.